The highest BCUT2D eigenvalue weighted by Crippen LogP contribution is 2.35. The van der Waals surface area contributed by atoms with Crippen LogP contribution in [0, 0.1) is 0 Å². The molecule has 0 spiro atoms. The molecule has 0 unspecified atom stereocenters. The van der Waals surface area contributed by atoms with E-state index in [0.717, 1.165) is 11.1 Å². The van der Waals surface area contributed by atoms with Crippen LogP contribution in [0.3, 0.4) is 0 Å². The van der Waals surface area contributed by atoms with E-state index < -0.39 is 0 Å². The van der Waals surface area contributed by atoms with Crippen LogP contribution >= 0.6 is 0 Å². The van der Waals surface area contributed by atoms with Gasteiger partial charge in [-0.25, -0.2) is 0 Å². The Morgan fingerprint density at radius 1 is 0.250 bits per heavy atom. The third-order valence-electron chi connectivity index (χ3n) is 12.0. The molecule has 302 valence electrons. The molecule has 0 aliphatic carbocycles. The predicted octanol–water partition coefficient (Wildman–Crippen LogP) is 17.2. The van der Waals surface area contributed by atoms with Crippen LogP contribution in [0.15, 0.2) is 243 Å². The smallest absolute Gasteiger partial charge is 0.00990 e. The number of rotatable bonds is 11. The molecule has 0 radical (unpaired) electrons. The van der Waals surface area contributed by atoms with Crippen LogP contribution in [0.1, 0.15) is 55.6 Å². The van der Waals surface area contributed by atoms with Gasteiger partial charge in [0, 0.05) is 0 Å². The van der Waals surface area contributed by atoms with Gasteiger partial charge in [-0.15, -0.1) is 0 Å². The van der Waals surface area contributed by atoms with Crippen molar-refractivity contribution in [3.8, 4) is 11.1 Å². The molecule has 0 aliphatic rings. The molecule has 0 heteroatoms. The fourth-order valence-corrected chi connectivity index (χ4v) is 8.63. The molecule has 0 bridgehead atoms. The van der Waals surface area contributed by atoms with Gasteiger partial charge in [-0.3, -0.25) is 0 Å². The van der Waals surface area contributed by atoms with Crippen LogP contribution in [0.2, 0.25) is 0 Å². The van der Waals surface area contributed by atoms with Gasteiger partial charge >= 0.3 is 0 Å². The monoisotopic (exact) mass is 814 g/mol. The fourth-order valence-electron chi connectivity index (χ4n) is 8.63. The first-order valence-corrected chi connectivity index (χ1v) is 22.0. The maximum atomic E-state index is 2.34. The molecule has 0 nitrogen and oxygen atoms in total. The summed E-state index contributed by atoms with van der Waals surface area (Å²) in [5, 5.41) is 4.98. The molecule has 10 aromatic carbocycles. The van der Waals surface area contributed by atoms with E-state index in [2.05, 4.69) is 279 Å². The summed E-state index contributed by atoms with van der Waals surface area (Å²) in [6.07, 6.45) is 13.6. The van der Waals surface area contributed by atoms with Crippen LogP contribution in [-0.4, -0.2) is 0 Å². The van der Waals surface area contributed by atoms with E-state index in [4.69, 9.17) is 0 Å². The average Bonchev–Trinajstić information content (AvgIpc) is 3.37. The summed E-state index contributed by atoms with van der Waals surface area (Å²) in [6, 6.07) is 86.8. The standard InChI is InChI=1S/C64H46/c1-3-19-55(20-4-1)63(61-31-15-27-53-23-11-13-29-59(53)61)45-57-25-9-7-17-49(57)39-33-47-35-41-51(42-36-47)52-43-37-48(38-44-52)34-40-50-18-8-10-26-58(50)46-64(56-21-5-2-6-22-56)62-32-16-28-54-24-12-14-30-60(54)62/h1-46H/b39-33?,40-34?,63-45+,64-46+. The predicted molar refractivity (Wildman–Crippen MR) is 277 cm³/mol. The minimum Gasteiger partial charge on any atom is -0.0622 e. The van der Waals surface area contributed by atoms with Gasteiger partial charge in [0.15, 0.2) is 0 Å². The minimum absolute atomic E-state index is 1.16. The Balaban J connectivity index is 0.879. The molecule has 0 saturated carbocycles. The molecule has 0 N–H and O–H groups in total. The zero-order valence-electron chi connectivity index (χ0n) is 35.6. The number of hydrogen-bond donors (Lipinski definition) is 0. The Kier molecular flexibility index (Phi) is 11.7. The van der Waals surface area contributed by atoms with E-state index in [1.807, 2.05) is 0 Å². The van der Waals surface area contributed by atoms with E-state index in [9.17, 15) is 0 Å². The highest BCUT2D eigenvalue weighted by Gasteiger charge is 2.12. The molecule has 10 rings (SSSR count). The summed E-state index contributed by atoms with van der Waals surface area (Å²) < 4.78 is 0. The lowest BCUT2D eigenvalue weighted by atomic mass is 9.91. The normalized spacial score (nSPS) is 12.1. The minimum atomic E-state index is 1.16. The molecule has 0 amide bonds. The van der Waals surface area contributed by atoms with Gasteiger partial charge in [-0.2, -0.15) is 0 Å². The van der Waals surface area contributed by atoms with Gasteiger partial charge in [-0.05, 0) is 112 Å². The van der Waals surface area contributed by atoms with Crippen molar-refractivity contribution in [1.29, 1.82) is 0 Å². The second-order valence-corrected chi connectivity index (χ2v) is 16.1. The maximum Gasteiger partial charge on any atom is -0.00990 e. The van der Waals surface area contributed by atoms with Gasteiger partial charge in [0.2, 0.25) is 0 Å². The van der Waals surface area contributed by atoms with Crippen LogP contribution in [0.25, 0.3) is 80.3 Å². The summed E-state index contributed by atoms with van der Waals surface area (Å²) in [7, 11) is 0. The molecule has 0 aromatic heterocycles. The third kappa shape index (κ3) is 8.86. The van der Waals surface area contributed by atoms with Crippen molar-refractivity contribution < 1.29 is 0 Å². The lowest BCUT2D eigenvalue weighted by Gasteiger charge is -2.13. The zero-order valence-corrected chi connectivity index (χ0v) is 35.6. The first-order valence-electron chi connectivity index (χ1n) is 22.0. The maximum absolute atomic E-state index is 2.34. The van der Waals surface area contributed by atoms with E-state index in [1.165, 1.54) is 88.3 Å². The van der Waals surface area contributed by atoms with Gasteiger partial charge in [0.1, 0.15) is 0 Å². The van der Waals surface area contributed by atoms with Crippen molar-refractivity contribution >= 4 is 69.1 Å². The van der Waals surface area contributed by atoms with E-state index >= 15 is 0 Å². The SMILES string of the molecule is C(=Cc1ccccc1/C=C(\c1ccccc1)c1cccc2ccccc12)c1ccc(-c2ccc(C=Cc3ccccc3/C=C(\c3ccccc3)c3cccc4ccccc34)cc2)cc1. The van der Waals surface area contributed by atoms with Crippen molar-refractivity contribution in [2.45, 2.75) is 0 Å². The highest BCUT2D eigenvalue weighted by molar-refractivity contribution is 6.04. The van der Waals surface area contributed by atoms with Crippen molar-refractivity contribution in [3.05, 3.63) is 298 Å². The van der Waals surface area contributed by atoms with Crippen LogP contribution in [-0.2, 0) is 0 Å². The number of fused-ring (bicyclic) bond motifs is 2. The van der Waals surface area contributed by atoms with Crippen LogP contribution in [0.4, 0.5) is 0 Å². The first kappa shape index (κ1) is 39.8. The molecule has 64 heavy (non-hydrogen) atoms. The summed E-state index contributed by atoms with van der Waals surface area (Å²) in [5.74, 6) is 0. The summed E-state index contributed by atoms with van der Waals surface area (Å²) in [5.41, 5.74) is 16.6. The molecular weight excluding hydrogens is 769 g/mol. The molecule has 0 fully saturated rings. The number of hydrogen-bond acceptors (Lipinski definition) is 0. The molecule has 0 atom stereocenters. The summed E-state index contributed by atoms with van der Waals surface area (Å²) in [4.78, 5) is 0. The Morgan fingerprint density at radius 3 is 1.02 bits per heavy atom. The van der Waals surface area contributed by atoms with Gasteiger partial charge in [0.05, 0.1) is 0 Å². The van der Waals surface area contributed by atoms with Gasteiger partial charge in [-0.1, -0.05) is 267 Å². The number of benzene rings is 10. The van der Waals surface area contributed by atoms with Crippen molar-refractivity contribution in [2.24, 2.45) is 0 Å². The zero-order chi connectivity index (χ0) is 42.9. The molecule has 0 saturated heterocycles. The largest absolute Gasteiger partial charge is 0.0622 e. The van der Waals surface area contributed by atoms with Crippen molar-refractivity contribution in [2.75, 3.05) is 0 Å². The van der Waals surface area contributed by atoms with Crippen LogP contribution in [0.5, 0.6) is 0 Å². The third-order valence-corrected chi connectivity index (χ3v) is 12.0. The fraction of sp³-hybridized carbons (Fsp3) is 0. The first-order chi connectivity index (χ1) is 31.7. The molecule has 10 aromatic rings. The van der Waals surface area contributed by atoms with Crippen molar-refractivity contribution in [1.82, 2.24) is 0 Å². The van der Waals surface area contributed by atoms with Crippen LogP contribution < -0.4 is 0 Å². The van der Waals surface area contributed by atoms with E-state index in [0.29, 0.717) is 0 Å². The average molecular weight is 815 g/mol. The molecule has 0 heterocycles. The second kappa shape index (κ2) is 18.7. The van der Waals surface area contributed by atoms with E-state index in [-0.39, 0.29) is 0 Å². The summed E-state index contributed by atoms with van der Waals surface area (Å²) >= 11 is 0. The second-order valence-electron chi connectivity index (χ2n) is 16.1. The quantitative estimate of drug-likeness (QED) is 0.114. The van der Waals surface area contributed by atoms with E-state index in [1.54, 1.807) is 0 Å². The van der Waals surface area contributed by atoms with Crippen molar-refractivity contribution in [3.63, 3.8) is 0 Å². The lowest BCUT2D eigenvalue weighted by molar-refractivity contribution is 1.56. The lowest BCUT2D eigenvalue weighted by Crippen LogP contribution is -1.91. The Bertz CT molecular complexity index is 3090. The highest BCUT2D eigenvalue weighted by atomic mass is 14.2. The van der Waals surface area contributed by atoms with Gasteiger partial charge in [0.25, 0.3) is 0 Å². The van der Waals surface area contributed by atoms with Gasteiger partial charge < -0.3 is 0 Å². The Morgan fingerprint density at radius 2 is 0.594 bits per heavy atom. The Hall–Kier alpha value is -8.32. The Labute approximate surface area is 376 Å². The molecule has 0 aliphatic heterocycles. The topological polar surface area (TPSA) is 0 Å². The summed E-state index contributed by atoms with van der Waals surface area (Å²) in [6.45, 7) is 0. The molecular formula is C64H46.